The molecule has 34 heavy (non-hydrogen) atoms. The highest BCUT2D eigenvalue weighted by Gasteiger charge is 2.18. The molecule has 3 aromatic carbocycles. The Hall–Kier alpha value is -2.32. The number of hydrogen-bond donors (Lipinski definition) is 1. The molecule has 0 spiro atoms. The summed E-state index contributed by atoms with van der Waals surface area (Å²) in [4.78, 5) is 12.0. The molecule has 0 aliphatic carbocycles. The van der Waals surface area contributed by atoms with E-state index in [2.05, 4.69) is 22.7 Å². The Kier molecular flexibility index (Phi) is 9.04. The van der Waals surface area contributed by atoms with E-state index in [4.69, 9.17) is 32.7 Å². The van der Waals surface area contributed by atoms with Crippen molar-refractivity contribution in [2.75, 3.05) is 18.1 Å². The van der Waals surface area contributed by atoms with Crippen LogP contribution in [0.1, 0.15) is 21.3 Å². The summed E-state index contributed by atoms with van der Waals surface area (Å²) in [5.74, 6) is 3.39. The van der Waals surface area contributed by atoms with Gasteiger partial charge in [-0.2, -0.15) is 5.10 Å². The van der Waals surface area contributed by atoms with Crippen molar-refractivity contribution in [3.63, 3.8) is 0 Å². The number of nitrogens with one attached hydrogen (secondary N) is 1. The van der Waals surface area contributed by atoms with Crippen molar-refractivity contribution in [2.45, 2.75) is 11.2 Å². The van der Waals surface area contributed by atoms with Gasteiger partial charge in [0.25, 0.3) is 5.91 Å². The summed E-state index contributed by atoms with van der Waals surface area (Å²) in [6.07, 6.45) is 1.56. The number of rotatable bonds is 9. The molecule has 176 valence electrons. The summed E-state index contributed by atoms with van der Waals surface area (Å²) >= 11 is 16.0. The third-order valence-electron chi connectivity index (χ3n) is 4.84. The first-order chi connectivity index (χ1) is 16.6. The van der Waals surface area contributed by atoms with Crippen LogP contribution in [0.25, 0.3) is 0 Å². The van der Waals surface area contributed by atoms with Gasteiger partial charge in [0.05, 0.1) is 10.8 Å². The van der Waals surface area contributed by atoms with E-state index in [1.807, 2.05) is 66.0 Å². The van der Waals surface area contributed by atoms with Gasteiger partial charge in [0.1, 0.15) is 18.1 Å². The fourth-order valence-electron chi connectivity index (χ4n) is 3.08. The fraction of sp³-hybridized carbons (Fsp3) is 0.200. The van der Waals surface area contributed by atoms with Crippen molar-refractivity contribution in [3.8, 4) is 11.5 Å². The predicted molar refractivity (Wildman–Crippen MR) is 143 cm³/mol. The smallest absolute Gasteiger partial charge is 0.277 e. The van der Waals surface area contributed by atoms with Gasteiger partial charge < -0.3 is 9.47 Å². The molecule has 3 aromatic rings. The van der Waals surface area contributed by atoms with Gasteiger partial charge in [-0.1, -0.05) is 41.4 Å². The second-order valence-corrected chi connectivity index (χ2v) is 10.9. The maximum atomic E-state index is 12.0. The SMILES string of the molecule is O=C(COc1ccc(C2SCCS2)cc1)N/N=C\c1ccc(OCc2ccc(Cl)cc2Cl)cc1. The van der Waals surface area contributed by atoms with Gasteiger partial charge in [-0.3, -0.25) is 4.79 Å². The Bertz CT molecular complexity index is 1140. The lowest BCUT2D eigenvalue weighted by molar-refractivity contribution is -0.123. The average Bonchev–Trinajstić information content (AvgIpc) is 3.38. The number of nitrogens with zero attached hydrogens (tertiary/aromatic N) is 1. The summed E-state index contributed by atoms with van der Waals surface area (Å²) in [6, 6.07) is 20.5. The van der Waals surface area contributed by atoms with Crippen LogP contribution >= 0.6 is 46.7 Å². The van der Waals surface area contributed by atoms with E-state index in [0.717, 1.165) is 11.1 Å². The lowest BCUT2D eigenvalue weighted by Gasteiger charge is -2.10. The van der Waals surface area contributed by atoms with E-state index in [1.54, 1.807) is 18.3 Å². The van der Waals surface area contributed by atoms with Gasteiger partial charge >= 0.3 is 0 Å². The Balaban J connectivity index is 1.19. The van der Waals surface area contributed by atoms with Crippen LogP contribution in [0.15, 0.2) is 71.8 Å². The van der Waals surface area contributed by atoms with E-state index >= 15 is 0 Å². The van der Waals surface area contributed by atoms with Crippen LogP contribution in [0.4, 0.5) is 0 Å². The molecule has 1 heterocycles. The Morgan fingerprint density at radius 2 is 1.65 bits per heavy atom. The number of carbonyl (C=O) groups excluding carboxylic acids is 1. The van der Waals surface area contributed by atoms with E-state index in [-0.39, 0.29) is 12.5 Å². The molecule has 1 aliphatic heterocycles. The topological polar surface area (TPSA) is 59.9 Å². The van der Waals surface area contributed by atoms with Crippen molar-refractivity contribution >= 4 is 58.8 Å². The molecule has 1 amide bonds. The number of amides is 1. The monoisotopic (exact) mass is 532 g/mol. The van der Waals surface area contributed by atoms with Crippen LogP contribution in [0, 0.1) is 0 Å². The van der Waals surface area contributed by atoms with Crippen molar-refractivity contribution in [1.82, 2.24) is 5.43 Å². The standard InChI is InChI=1S/C25H22Cl2N2O3S2/c26-20-6-3-19(23(27)13-20)15-31-21-7-1-17(2-8-21)14-28-29-24(30)16-32-22-9-4-18(5-10-22)25-33-11-12-34-25/h1-10,13-14,25H,11-12,15-16H2,(H,29,30)/b28-14-. The fourth-order valence-corrected chi connectivity index (χ4v) is 6.40. The van der Waals surface area contributed by atoms with Gasteiger partial charge in [0, 0.05) is 27.1 Å². The van der Waals surface area contributed by atoms with Crippen molar-refractivity contribution in [2.24, 2.45) is 5.10 Å². The van der Waals surface area contributed by atoms with Gasteiger partial charge in [0.2, 0.25) is 0 Å². The molecule has 9 heteroatoms. The van der Waals surface area contributed by atoms with Crippen LogP contribution in [0.3, 0.4) is 0 Å². The van der Waals surface area contributed by atoms with Crippen LogP contribution < -0.4 is 14.9 Å². The molecule has 1 aliphatic rings. The largest absolute Gasteiger partial charge is 0.489 e. The molecule has 1 fully saturated rings. The summed E-state index contributed by atoms with van der Waals surface area (Å²) in [5.41, 5.74) is 5.42. The number of halogens is 2. The summed E-state index contributed by atoms with van der Waals surface area (Å²) < 4.78 is 11.8. The van der Waals surface area contributed by atoms with Crippen LogP contribution in [0.2, 0.25) is 10.0 Å². The summed E-state index contributed by atoms with van der Waals surface area (Å²) in [5, 5.41) is 5.13. The molecule has 4 rings (SSSR count). The number of hydrazone groups is 1. The third kappa shape index (κ3) is 7.34. The van der Waals surface area contributed by atoms with E-state index in [9.17, 15) is 4.79 Å². The quantitative estimate of drug-likeness (QED) is 0.249. The maximum absolute atomic E-state index is 12.0. The molecule has 0 unspecified atom stereocenters. The first-order valence-electron chi connectivity index (χ1n) is 10.5. The van der Waals surface area contributed by atoms with Gasteiger partial charge in [0.15, 0.2) is 6.61 Å². The van der Waals surface area contributed by atoms with E-state index < -0.39 is 0 Å². The number of hydrogen-bond acceptors (Lipinski definition) is 6. The first-order valence-corrected chi connectivity index (χ1v) is 13.4. The lowest BCUT2D eigenvalue weighted by Crippen LogP contribution is -2.24. The van der Waals surface area contributed by atoms with E-state index in [0.29, 0.717) is 32.7 Å². The minimum absolute atomic E-state index is 0.107. The summed E-state index contributed by atoms with van der Waals surface area (Å²) in [6.45, 7) is 0.227. The van der Waals surface area contributed by atoms with Crippen molar-refractivity contribution < 1.29 is 14.3 Å². The molecule has 1 N–H and O–H groups in total. The maximum Gasteiger partial charge on any atom is 0.277 e. The average molecular weight is 534 g/mol. The number of thioether (sulfide) groups is 2. The van der Waals surface area contributed by atoms with Crippen LogP contribution in [-0.2, 0) is 11.4 Å². The number of carbonyl (C=O) groups is 1. The molecule has 0 atom stereocenters. The van der Waals surface area contributed by atoms with Crippen molar-refractivity contribution in [3.05, 3.63) is 93.5 Å². The first kappa shape index (κ1) is 24.8. The van der Waals surface area contributed by atoms with Crippen molar-refractivity contribution in [1.29, 1.82) is 0 Å². The Morgan fingerprint density at radius 3 is 2.35 bits per heavy atom. The molecule has 0 saturated carbocycles. The van der Waals surface area contributed by atoms with Gasteiger partial charge in [-0.05, 0) is 59.7 Å². The van der Waals surface area contributed by atoms with E-state index in [1.165, 1.54) is 17.1 Å². The second kappa shape index (κ2) is 12.4. The zero-order valence-electron chi connectivity index (χ0n) is 18.1. The second-order valence-electron chi connectivity index (χ2n) is 7.32. The normalized spacial score (nSPS) is 13.8. The highest BCUT2D eigenvalue weighted by Crippen LogP contribution is 2.45. The van der Waals surface area contributed by atoms with Gasteiger partial charge in [-0.15, -0.1) is 23.5 Å². The molecule has 5 nitrogen and oxygen atoms in total. The predicted octanol–water partition coefficient (Wildman–Crippen LogP) is 6.58. The molecule has 0 radical (unpaired) electrons. The number of ether oxygens (including phenoxy) is 2. The molecule has 0 aromatic heterocycles. The van der Waals surface area contributed by atoms with Gasteiger partial charge in [-0.25, -0.2) is 5.43 Å². The number of benzene rings is 3. The highest BCUT2D eigenvalue weighted by molar-refractivity contribution is 8.19. The Labute approximate surface area is 217 Å². The molecule has 0 bridgehead atoms. The lowest BCUT2D eigenvalue weighted by atomic mass is 10.2. The Morgan fingerprint density at radius 1 is 0.971 bits per heavy atom. The zero-order valence-corrected chi connectivity index (χ0v) is 21.2. The highest BCUT2D eigenvalue weighted by atomic mass is 35.5. The zero-order chi connectivity index (χ0) is 23.8. The van der Waals surface area contributed by atoms with Crippen LogP contribution in [-0.4, -0.2) is 30.2 Å². The minimum Gasteiger partial charge on any atom is -0.489 e. The molecular formula is C25H22Cl2N2O3S2. The van der Waals surface area contributed by atoms with Crippen LogP contribution in [0.5, 0.6) is 11.5 Å². The minimum atomic E-state index is -0.331. The third-order valence-corrected chi connectivity index (χ3v) is 8.53. The molecular weight excluding hydrogens is 511 g/mol. The molecule has 1 saturated heterocycles. The summed E-state index contributed by atoms with van der Waals surface area (Å²) in [7, 11) is 0.